The van der Waals surface area contributed by atoms with Crippen LogP contribution in [0.5, 0.6) is 0 Å². The van der Waals surface area contributed by atoms with Crippen LogP contribution in [0.25, 0.3) is 0 Å². The van der Waals surface area contributed by atoms with Crippen molar-refractivity contribution >= 4 is 29.2 Å². The number of carbonyl (C=O) groups is 2. The van der Waals surface area contributed by atoms with Gasteiger partial charge in [0.25, 0.3) is 11.6 Å². The summed E-state index contributed by atoms with van der Waals surface area (Å²) < 4.78 is 0. The molecule has 1 aromatic carbocycles. The zero-order chi connectivity index (χ0) is 16.2. The molecule has 0 fully saturated rings. The Morgan fingerprint density at radius 1 is 1.48 bits per heavy atom. The fourth-order valence-corrected chi connectivity index (χ4v) is 2.06. The number of carbonyl (C=O) groups excluding carboxylic acids is 1. The maximum absolute atomic E-state index is 12.2. The number of hydrogen-bond donors (Lipinski definition) is 2. The molecule has 2 N–H and O–H groups in total. The van der Waals surface area contributed by atoms with Gasteiger partial charge in [-0.15, -0.1) is 0 Å². The van der Waals surface area contributed by atoms with E-state index in [1.165, 1.54) is 13.0 Å². The van der Waals surface area contributed by atoms with Crippen molar-refractivity contribution in [2.75, 3.05) is 0 Å². The predicted octanol–water partition coefficient (Wildman–Crippen LogP) is 2.62. The maximum atomic E-state index is 12.2. The van der Waals surface area contributed by atoms with Crippen LogP contribution in [0.2, 0.25) is 5.02 Å². The Labute approximate surface area is 126 Å². The van der Waals surface area contributed by atoms with E-state index in [-0.39, 0.29) is 17.0 Å². The second-order valence-corrected chi connectivity index (χ2v) is 5.20. The lowest BCUT2D eigenvalue weighted by molar-refractivity contribution is -0.385. The van der Waals surface area contributed by atoms with Gasteiger partial charge in [-0.05, 0) is 25.5 Å². The van der Waals surface area contributed by atoms with Crippen LogP contribution < -0.4 is 5.32 Å². The van der Waals surface area contributed by atoms with Gasteiger partial charge in [-0.25, -0.2) is 4.79 Å². The number of benzene rings is 1. The normalized spacial score (nSPS) is 13.3. The minimum Gasteiger partial charge on any atom is -0.480 e. The first-order valence-corrected chi connectivity index (χ1v) is 6.59. The third-order valence-electron chi connectivity index (χ3n) is 3.01. The van der Waals surface area contributed by atoms with E-state index >= 15 is 0 Å². The van der Waals surface area contributed by atoms with E-state index in [1.54, 1.807) is 6.92 Å². The van der Waals surface area contributed by atoms with Crippen molar-refractivity contribution in [2.24, 2.45) is 0 Å². The molecular formula is C13H15ClN2O5. The van der Waals surface area contributed by atoms with Crippen molar-refractivity contribution in [3.05, 3.63) is 38.9 Å². The molecule has 7 nitrogen and oxygen atoms in total. The lowest BCUT2D eigenvalue weighted by atomic mass is 9.95. The average molecular weight is 315 g/mol. The van der Waals surface area contributed by atoms with Crippen molar-refractivity contribution in [2.45, 2.75) is 32.2 Å². The second-order valence-electron chi connectivity index (χ2n) is 4.76. The molecule has 1 rings (SSSR count). The third kappa shape index (κ3) is 3.91. The minimum absolute atomic E-state index is 0.151. The molecule has 0 aliphatic carbocycles. The standard InChI is InChI=1S/C13H15ClN2O5/c1-3-6-13(2,12(18)19)15-11(17)9-7-8(14)4-5-10(9)16(20)21/h4-5,7H,3,6H2,1-2H3,(H,15,17)(H,18,19). The summed E-state index contributed by atoms with van der Waals surface area (Å²) in [5.41, 5.74) is -2.20. The predicted molar refractivity (Wildman–Crippen MR) is 76.5 cm³/mol. The zero-order valence-corrected chi connectivity index (χ0v) is 12.3. The SMILES string of the molecule is CCCC(C)(NC(=O)c1cc(Cl)ccc1[N+](=O)[O-])C(=O)O. The Balaban J connectivity index is 3.17. The first-order valence-electron chi connectivity index (χ1n) is 6.21. The quantitative estimate of drug-likeness (QED) is 0.619. The number of nitrogens with zero attached hydrogens (tertiary/aromatic N) is 1. The summed E-state index contributed by atoms with van der Waals surface area (Å²) in [7, 11) is 0. The molecule has 0 aliphatic rings. The maximum Gasteiger partial charge on any atom is 0.329 e. The largest absolute Gasteiger partial charge is 0.480 e. The monoisotopic (exact) mass is 314 g/mol. The number of nitrogens with one attached hydrogen (secondary N) is 1. The molecule has 1 amide bonds. The number of nitro benzene ring substituents is 1. The molecule has 1 atom stereocenters. The van der Waals surface area contributed by atoms with Gasteiger partial charge in [-0.1, -0.05) is 24.9 Å². The van der Waals surface area contributed by atoms with E-state index in [2.05, 4.69) is 5.32 Å². The summed E-state index contributed by atoms with van der Waals surface area (Å²) in [5.74, 6) is -2.05. The lowest BCUT2D eigenvalue weighted by Crippen LogP contribution is -2.52. The van der Waals surface area contributed by atoms with E-state index in [0.717, 1.165) is 12.1 Å². The number of carboxylic acid groups (broad SMARTS) is 1. The van der Waals surface area contributed by atoms with E-state index < -0.39 is 28.0 Å². The molecule has 0 saturated heterocycles. The van der Waals surface area contributed by atoms with Gasteiger partial charge >= 0.3 is 5.97 Å². The van der Waals surface area contributed by atoms with Crippen molar-refractivity contribution in [1.29, 1.82) is 0 Å². The first-order chi connectivity index (χ1) is 9.71. The van der Waals surface area contributed by atoms with Crippen molar-refractivity contribution in [3.63, 3.8) is 0 Å². The molecule has 0 aromatic heterocycles. The Morgan fingerprint density at radius 2 is 2.10 bits per heavy atom. The fourth-order valence-electron chi connectivity index (χ4n) is 1.89. The molecule has 0 heterocycles. The number of rotatable bonds is 6. The molecule has 21 heavy (non-hydrogen) atoms. The van der Waals surface area contributed by atoms with Gasteiger partial charge in [-0.3, -0.25) is 14.9 Å². The summed E-state index contributed by atoms with van der Waals surface area (Å²) in [6.07, 6.45) is 0.725. The Kier molecular flexibility index (Phi) is 5.26. The molecule has 0 radical (unpaired) electrons. The van der Waals surface area contributed by atoms with Gasteiger partial charge in [0.2, 0.25) is 0 Å². The van der Waals surface area contributed by atoms with Crippen LogP contribution in [-0.2, 0) is 4.79 Å². The number of hydrogen-bond acceptors (Lipinski definition) is 4. The van der Waals surface area contributed by atoms with Crippen molar-refractivity contribution in [1.82, 2.24) is 5.32 Å². The molecule has 8 heteroatoms. The molecule has 0 spiro atoms. The van der Waals surface area contributed by atoms with Crippen LogP contribution in [0, 0.1) is 10.1 Å². The Hall–Kier alpha value is -2.15. The Morgan fingerprint density at radius 3 is 2.57 bits per heavy atom. The van der Waals surface area contributed by atoms with Crippen molar-refractivity contribution < 1.29 is 19.6 Å². The van der Waals surface area contributed by atoms with E-state index in [4.69, 9.17) is 11.6 Å². The number of amides is 1. The molecular weight excluding hydrogens is 300 g/mol. The summed E-state index contributed by atoms with van der Waals surface area (Å²) in [6, 6.07) is 3.54. The Bertz CT molecular complexity index is 590. The van der Waals surface area contributed by atoms with Gasteiger partial charge in [0, 0.05) is 11.1 Å². The van der Waals surface area contributed by atoms with E-state index in [9.17, 15) is 24.8 Å². The number of aliphatic carboxylic acids is 1. The second kappa shape index (κ2) is 6.53. The molecule has 1 aromatic rings. The molecule has 0 bridgehead atoms. The molecule has 0 saturated carbocycles. The number of nitro groups is 1. The van der Waals surface area contributed by atoms with Crippen molar-refractivity contribution in [3.8, 4) is 0 Å². The van der Waals surface area contributed by atoms with E-state index in [0.29, 0.717) is 6.42 Å². The summed E-state index contributed by atoms with van der Waals surface area (Å²) in [4.78, 5) is 33.7. The summed E-state index contributed by atoms with van der Waals surface area (Å²) >= 11 is 5.74. The highest BCUT2D eigenvalue weighted by molar-refractivity contribution is 6.31. The van der Waals surface area contributed by atoms with E-state index in [1.807, 2.05) is 0 Å². The van der Waals surface area contributed by atoms with Gasteiger partial charge in [0.15, 0.2) is 0 Å². The summed E-state index contributed by atoms with van der Waals surface area (Å²) in [6.45, 7) is 3.13. The number of halogens is 1. The molecule has 1 unspecified atom stereocenters. The zero-order valence-electron chi connectivity index (χ0n) is 11.6. The fraction of sp³-hybridized carbons (Fsp3) is 0.385. The smallest absolute Gasteiger partial charge is 0.329 e. The topological polar surface area (TPSA) is 110 Å². The lowest BCUT2D eigenvalue weighted by Gasteiger charge is -2.25. The number of carboxylic acids is 1. The third-order valence-corrected chi connectivity index (χ3v) is 3.25. The van der Waals surface area contributed by atoms with Gasteiger partial charge in [0.05, 0.1) is 4.92 Å². The van der Waals surface area contributed by atoms with Crippen LogP contribution in [0.3, 0.4) is 0 Å². The highest BCUT2D eigenvalue weighted by atomic mass is 35.5. The average Bonchev–Trinajstić information content (AvgIpc) is 2.38. The van der Waals surface area contributed by atoms with Crippen LogP contribution in [-0.4, -0.2) is 27.4 Å². The molecule has 114 valence electrons. The minimum atomic E-state index is -1.50. The first kappa shape index (κ1) is 16.9. The van der Waals surface area contributed by atoms with Crippen LogP contribution in [0.1, 0.15) is 37.0 Å². The van der Waals surface area contributed by atoms with Crippen LogP contribution in [0.4, 0.5) is 5.69 Å². The van der Waals surface area contributed by atoms with Gasteiger partial charge < -0.3 is 10.4 Å². The van der Waals surface area contributed by atoms with Crippen LogP contribution in [0.15, 0.2) is 18.2 Å². The van der Waals surface area contributed by atoms with Crippen LogP contribution >= 0.6 is 11.6 Å². The highest BCUT2D eigenvalue weighted by Gasteiger charge is 2.35. The van der Waals surface area contributed by atoms with Gasteiger partial charge in [0.1, 0.15) is 11.1 Å². The highest BCUT2D eigenvalue weighted by Crippen LogP contribution is 2.24. The summed E-state index contributed by atoms with van der Waals surface area (Å²) in [5, 5.41) is 22.6. The molecule has 0 aliphatic heterocycles. The van der Waals surface area contributed by atoms with Gasteiger partial charge in [-0.2, -0.15) is 0 Å².